The van der Waals surface area contributed by atoms with E-state index in [2.05, 4.69) is 5.32 Å². The first-order valence-electron chi connectivity index (χ1n) is 6.23. The van der Waals surface area contributed by atoms with Crippen LogP contribution in [0.25, 0.3) is 0 Å². The molecule has 2 heterocycles. The summed E-state index contributed by atoms with van der Waals surface area (Å²) in [6, 6.07) is 9.65. The lowest BCUT2D eigenvalue weighted by Crippen LogP contribution is -2.48. The maximum Gasteiger partial charge on any atom is 0.198 e. The Balaban J connectivity index is 1.72. The fourth-order valence-corrected chi connectivity index (χ4v) is 2.14. The zero-order chi connectivity index (χ0) is 12.2. The molecule has 5 heteroatoms. The van der Waals surface area contributed by atoms with Gasteiger partial charge >= 0.3 is 0 Å². The van der Waals surface area contributed by atoms with Gasteiger partial charge in [0.25, 0.3) is 0 Å². The van der Waals surface area contributed by atoms with Gasteiger partial charge in [-0.05, 0) is 12.1 Å². The zero-order valence-electron chi connectivity index (χ0n) is 10.1. The molecule has 0 aromatic heterocycles. The number of hydrogen-bond donors (Lipinski definition) is 1. The summed E-state index contributed by atoms with van der Waals surface area (Å²) >= 11 is 0. The highest BCUT2D eigenvalue weighted by Gasteiger charge is 2.37. The lowest BCUT2D eigenvalue weighted by atomic mass is 10.3. The molecule has 0 aliphatic carbocycles. The first-order chi connectivity index (χ1) is 8.93. The Morgan fingerprint density at radius 3 is 2.50 bits per heavy atom. The third-order valence-electron chi connectivity index (χ3n) is 2.97. The van der Waals surface area contributed by atoms with E-state index in [1.807, 2.05) is 30.3 Å². The van der Waals surface area contributed by atoms with Crippen molar-refractivity contribution < 1.29 is 18.9 Å². The Bertz CT molecular complexity index is 345. The SMILES string of the molecule is c1ccc(OC(C2NCCO2)C2OCCO2)cc1. The van der Waals surface area contributed by atoms with Crippen LogP contribution in [0.5, 0.6) is 5.75 Å². The van der Waals surface area contributed by atoms with Gasteiger partial charge in [0, 0.05) is 6.54 Å². The van der Waals surface area contributed by atoms with Crippen molar-refractivity contribution in [3.05, 3.63) is 30.3 Å². The van der Waals surface area contributed by atoms with E-state index in [0.717, 1.165) is 12.3 Å². The minimum atomic E-state index is -0.374. The van der Waals surface area contributed by atoms with E-state index in [-0.39, 0.29) is 18.6 Å². The summed E-state index contributed by atoms with van der Waals surface area (Å²) in [7, 11) is 0. The molecule has 2 unspecified atom stereocenters. The molecule has 0 spiro atoms. The third kappa shape index (κ3) is 2.64. The van der Waals surface area contributed by atoms with Crippen LogP contribution in [0.2, 0.25) is 0 Å². The van der Waals surface area contributed by atoms with Crippen LogP contribution in [0.1, 0.15) is 0 Å². The van der Waals surface area contributed by atoms with Crippen molar-refractivity contribution in [2.45, 2.75) is 18.6 Å². The molecule has 2 saturated heterocycles. The van der Waals surface area contributed by atoms with Crippen LogP contribution in [0.4, 0.5) is 0 Å². The summed E-state index contributed by atoms with van der Waals surface area (Å²) in [5.41, 5.74) is 0. The van der Waals surface area contributed by atoms with Crippen molar-refractivity contribution in [2.24, 2.45) is 0 Å². The summed E-state index contributed by atoms with van der Waals surface area (Å²) in [5, 5.41) is 3.25. The van der Waals surface area contributed by atoms with Crippen molar-refractivity contribution in [3.8, 4) is 5.75 Å². The van der Waals surface area contributed by atoms with Gasteiger partial charge in [0.2, 0.25) is 0 Å². The smallest absolute Gasteiger partial charge is 0.198 e. The van der Waals surface area contributed by atoms with Crippen LogP contribution >= 0.6 is 0 Å². The predicted octanol–water partition coefficient (Wildman–Crippen LogP) is 0.753. The Labute approximate surface area is 106 Å². The van der Waals surface area contributed by atoms with E-state index in [4.69, 9.17) is 18.9 Å². The quantitative estimate of drug-likeness (QED) is 0.856. The van der Waals surface area contributed by atoms with Crippen molar-refractivity contribution in [2.75, 3.05) is 26.4 Å². The topological polar surface area (TPSA) is 49.0 Å². The van der Waals surface area contributed by atoms with Gasteiger partial charge in [-0.2, -0.15) is 0 Å². The molecule has 1 aromatic carbocycles. The van der Waals surface area contributed by atoms with Crippen LogP contribution in [0, 0.1) is 0 Å². The molecule has 0 amide bonds. The van der Waals surface area contributed by atoms with Crippen molar-refractivity contribution in [1.82, 2.24) is 5.32 Å². The molecule has 2 atom stereocenters. The second kappa shape index (κ2) is 5.67. The number of benzene rings is 1. The number of para-hydroxylation sites is 1. The van der Waals surface area contributed by atoms with Gasteiger partial charge < -0.3 is 18.9 Å². The first kappa shape index (κ1) is 11.9. The molecule has 1 aromatic rings. The Hall–Kier alpha value is -1.14. The molecular weight excluding hydrogens is 234 g/mol. The minimum Gasteiger partial charge on any atom is -0.481 e. The van der Waals surface area contributed by atoms with Gasteiger partial charge in [-0.15, -0.1) is 0 Å². The molecule has 2 aliphatic rings. The first-order valence-corrected chi connectivity index (χ1v) is 6.23. The predicted molar refractivity (Wildman–Crippen MR) is 64.3 cm³/mol. The van der Waals surface area contributed by atoms with E-state index in [9.17, 15) is 0 Å². The van der Waals surface area contributed by atoms with Crippen molar-refractivity contribution in [3.63, 3.8) is 0 Å². The van der Waals surface area contributed by atoms with E-state index >= 15 is 0 Å². The second-order valence-electron chi connectivity index (χ2n) is 4.25. The number of hydrogen-bond acceptors (Lipinski definition) is 5. The molecule has 1 N–H and O–H groups in total. The lowest BCUT2D eigenvalue weighted by molar-refractivity contribution is -0.151. The minimum absolute atomic E-state index is 0.187. The highest BCUT2D eigenvalue weighted by Crippen LogP contribution is 2.21. The maximum atomic E-state index is 5.94. The standard InChI is InChI=1S/C13H17NO4/c1-2-4-10(5-3-1)18-11(12-14-6-7-15-12)13-16-8-9-17-13/h1-5,11-14H,6-9H2. The lowest BCUT2D eigenvalue weighted by Gasteiger charge is -2.27. The van der Waals surface area contributed by atoms with Crippen LogP contribution in [0.15, 0.2) is 30.3 Å². The van der Waals surface area contributed by atoms with Crippen LogP contribution in [-0.4, -0.2) is 45.0 Å². The Morgan fingerprint density at radius 1 is 1.06 bits per heavy atom. The number of ether oxygens (including phenoxy) is 4. The molecule has 2 aliphatic heterocycles. The summed E-state index contributed by atoms with van der Waals surface area (Å²) in [6.45, 7) is 2.72. The molecule has 0 bridgehead atoms. The van der Waals surface area contributed by atoms with E-state index in [0.29, 0.717) is 19.8 Å². The summed E-state index contributed by atoms with van der Waals surface area (Å²) in [4.78, 5) is 0. The van der Waals surface area contributed by atoms with Gasteiger partial charge in [0.05, 0.1) is 19.8 Å². The van der Waals surface area contributed by atoms with E-state index < -0.39 is 0 Å². The average molecular weight is 251 g/mol. The van der Waals surface area contributed by atoms with Gasteiger partial charge in [0.1, 0.15) is 5.75 Å². The fourth-order valence-electron chi connectivity index (χ4n) is 2.14. The summed E-state index contributed by atoms with van der Waals surface area (Å²) in [5.74, 6) is 0.791. The monoisotopic (exact) mass is 251 g/mol. The molecular formula is C13H17NO4. The zero-order valence-corrected chi connectivity index (χ0v) is 10.1. The number of nitrogens with one attached hydrogen (secondary N) is 1. The molecule has 5 nitrogen and oxygen atoms in total. The van der Waals surface area contributed by atoms with Gasteiger partial charge in [-0.25, -0.2) is 0 Å². The van der Waals surface area contributed by atoms with Crippen LogP contribution in [-0.2, 0) is 14.2 Å². The van der Waals surface area contributed by atoms with Gasteiger partial charge in [-0.1, -0.05) is 18.2 Å². The molecule has 0 radical (unpaired) electrons. The Morgan fingerprint density at radius 2 is 1.83 bits per heavy atom. The maximum absolute atomic E-state index is 5.94. The van der Waals surface area contributed by atoms with Crippen LogP contribution < -0.4 is 10.1 Å². The van der Waals surface area contributed by atoms with E-state index in [1.165, 1.54) is 0 Å². The Kier molecular flexibility index (Phi) is 3.75. The molecule has 3 rings (SSSR count). The van der Waals surface area contributed by atoms with Crippen molar-refractivity contribution >= 4 is 0 Å². The largest absolute Gasteiger partial charge is 0.481 e. The van der Waals surface area contributed by atoms with Gasteiger partial charge in [-0.3, -0.25) is 5.32 Å². The molecule has 18 heavy (non-hydrogen) atoms. The molecule has 0 saturated carbocycles. The highest BCUT2D eigenvalue weighted by atomic mass is 16.7. The third-order valence-corrected chi connectivity index (χ3v) is 2.97. The van der Waals surface area contributed by atoms with Gasteiger partial charge in [0.15, 0.2) is 18.6 Å². The van der Waals surface area contributed by atoms with Crippen LogP contribution in [0.3, 0.4) is 0 Å². The molecule has 2 fully saturated rings. The summed E-state index contributed by atoms with van der Waals surface area (Å²) < 4.78 is 22.6. The average Bonchev–Trinajstić information content (AvgIpc) is 3.11. The van der Waals surface area contributed by atoms with Crippen molar-refractivity contribution in [1.29, 1.82) is 0 Å². The fraction of sp³-hybridized carbons (Fsp3) is 0.538. The highest BCUT2D eigenvalue weighted by molar-refractivity contribution is 5.21. The second-order valence-corrected chi connectivity index (χ2v) is 4.25. The molecule has 98 valence electrons. The normalized spacial score (nSPS) is 26.3. The van der Waals surface area contributed by atoms with E-state index in [1.54, 1.807) is 0 Å². The number of rotatable bonds is 4. The summed E-state index contributed by atoms with van der Waals surface area (Å²) in [6.07, 6.45) is -0.855.